The van der Waals surface area contributed by atoms with Crippen LogP contribution in [0, 0.1) is 18.3 Å². The third-order valence-corrected chi connectivity index (χ3v) is 5.05. The lowest BCUT2D eigenvalue weighted by Gasteiger charge is -2.17. The minimum Gasteiger partial charge on any atom is -0.494 e. The van der Waals surface area contributed by atoms with Crippen LogP contribution in [0.15, 0.2) is 22.3 Å². The molecule has 124 valence electrons. The van der Waals surface area contributed by atoms with Crippen molar-refractivity contribution in [2.75, 3.05) is 6.61 Å². The van der Waals surface area contributed by atoms with Crippen molar-refractivity contribution in [2.24, 2.45) is 0 Å². The van der Waals surface area contributed by atoms with Gasteiger partial charge in [0.1, 0.15) is 11.6 Å². The minimum absolute atomic E-state index is 0.00611. The third kappa shape index (κ3) is 2.75. The molecule has 0 aliphatic carbocycles. The molecule has 0 saturated carbocycles. The Balaban J connectivity index is 2.16. The molecule has 3 heterocycles. The lowest BCUT2D eigenvalue weighted by molar-refractivity contribution is 0.0929. The van der Waals surface area contributed by atoms with Crippen LogP contribution in [0.3, 0.4) is 0 Å². The molecule has 6 nitrogen and oxygen atoms in total. The average molecular weight is 344 g/mol. The molecule has 1 atom stereocenters. The number of pyridine rings is 1. The molecular weight excluding hydrogens is 328 g/mol. The van der Waals surface area contributed by atoms with Gasteiger partial charge < -0.3 is 9.84 Å². The lowest BCUT2D eigenvalue weighted by atomic mass is 10.0. The van der Waals surface area contributed by atoms with Crippen LogP contribution in [0.25, 0.3) is 0 Å². The number of aromatic hydroxyl groups is 1. The molecule has 1 N–H and O–H groups in total. The van der Waals surface area contributed by atoms with Gasteiger partial charge in [-0.25, -0.2) is 0 Å². The van der Waals surface area contributed by atoms with Crippen LogP contribution < -0.4 is 5.56 Å². The largest absolute Gasteiger partial charge is 0.494 e. The van der Waals surface area contributed by atoms with E-state index in [0.29, 0.717) is 11.5 Å². The molecule has 0 spiro atoms. The number of hydrogen-bond acceptors (Lipinski definition) is 6. The molecule has 1 saturated heterocycles. The number of rotatable bonds is 4. The van der Waals surface area contributed by atoms with Gasteiger partial charge >= 0.3 is 0 Å². The van der Waals surface area contributed by atoms with E-state index in [1.54, 1.807) is 17.5 Å². The maximum atomic E-state index is 12.7. The first-order chi connectivity index (χ1) is 11.5. The predicted molar refractivity (Wildman–Crippen MR) is 88.5 cm³/mol. The van der Waals surface area contributed by atoms with Crippen molar-refractivity contribution in [1.82, 2.24) is 4.57 Å². The summed E-state index contributed by atoms with van der Waals surface area (Å²) in [5, 5.41) is 21.7. The molecule has 1 aliphatic rings. The highest BCUT2D eigenvalue weighted by molar-refractivity contribution is 7.12. The SMILES string of the molecule is Cc1c(C(=O)c2cccs2)c(O)n(CC2CCCO2)c(=O)c1C#N. The first-order valence-electron chi connectivity index (χ1n) is 7.60. The van der Waals surface area contributed by atoms with Gasteiger partial charge in [-0.2, -0.15) is 5.26 Å². The zero-order valence-electron chi connectivity index (χ0n) is 13.1. The second kappa shape index (κ2) is 6.59. The Morgan fingerprint density at radius 2 is 2.38 bits per heavy atom. The molecule has 0 bridgehead atoms. The normalized spacial score (nSPS) is 16.9. The first kappa shape index (κ1) is 16.4. The van der Waals surface area contributed by atoms with E-state index >= 15 is 0 Å². The zero-order chi connectivity index (χ0) is 17.3. The standard InChI is InChI=1S/C17H16N2O4S/c1-10-12(8-18)16(21)19(9-11-4-2-6-23-11)17(22)14(10)15(20)13-5-3-7-24-13/h3,5,7,11,22H,2,4,6,9H2,1H3. The van der Waals surface area contributed by atoms with Crippen LogP contribution in [0.2, 0.25) is 0 Å². The number of nitrogens with zero attached hydrogens (tertiary/aromatic N) is 2. The van der Waals surface area contributed by atoms with Crippen molar-refractivity contribution >= 4 is 17.1 Å². The van der Waals surface area contributed by atoms with E-state index in [2.05, 4.69) is 0 Å². The summed E-state index contributed by atoms with van der Waals surface area (Å²) in [7, 11) is 0. The smallest absolute Gasteiger partial charge is 0.271 e. The minimum atomic E-state index is -0.592. The Kier molecular flexibility index (Phi) is 4.51. The van der Waals surface area contributed by atoms with Gasteiger partial charge in [-0.05, 0) is 36.8 Å². The molecule has 1 aliphatic heterocycles. The summed E-state index contributed by atoms with van der Waals surface area (Å²) in [4.78, 5) is 25.7. The van der Waals surface area contributed by atoms with Crippen LogP contribution in [0.4, 0.5) is 0 Å². The van der Waals surface area contributed by atoms with Gasteiger partial charge in [0.05, 0.1) is 23.1 Å². The van der Waals surface area contributed by atoms with Crippen LogP contribution in [0.5, 0.6) is 5.88 Å². The van der Waals surface area contributed by atoms with Crippen molar-refractivity contribution < 1.29 is 14.6 Å². The quantitative estimate of drug-likeness (QED) is 0.859. The maximum absolute atomic E-state index is 12.7. The molecule has 0 amide bonds. The number of carbonyl (C=O) groups excluding carboxylic acids is 1. The van der Waals surface area contributed by atoms with Gasteiger partial charge in [-0.1, -0.05) is 6.07 Å². The Morgan fingerprint density at radius 1 is 1.58 bits per heavy atom. The molecular formula is C17H16N2O4S. The number of hydrogen-bond donors (Lipinski definition) is 1. The second-order valence-electron chi connectivity index (χ2n) is 5.67. The van der Waals surface area contributed by atoms with Gasteiger partial charge in [0, 0.05) is 6.61 Å². The molecule has 3 rings (SSSR count). The van der Waals surface area contributed by atoms with Crippen molar-refractivity contribution in [3.05, 3.63) is 49.4 Å². The average Bonchev–Trinajstić information content (AvgIpc) is 3.25. The van der Waals surface area contributed by atoms with Crippen LogP contribution >= 0.6 is 11.3 Å². The van der Waals surface area contributed by atoms with Gasteiger partial charge in [0.2, 0.25) is 11.7 Å². The van der Waals surface area contributed by atoms with Crippen LogP contribution in [-0.4, -0.2) is 28.2 Å². The van der Waals surface area contributed by atoms with Crippen molar-refractivity contribution in [1.29, 1.82) is 5.26 Å². The molecule has 1 fully saturated rings. The highest BCUT2D eigenvalue weighted by Crippen LogP contribution is 2.27. The number of nitriles is 1. The van der Waals surface area contributed by atoms with E-state index in [9.17, 15) is 20.0 Å². The summed E-state index contributed by atoms with van der Waals surface area (Å²) < 4.78 is 6.59. The van der Waals surface area contributed by atoms with Crippen molar-refractivity contribution in [3.8, 4) is 11.9 Å². The molecule has 2 aromatic heterocycles. The number of carbonyl (C=O) groups is 1. The molecule has 24 heavy (non-hydrogen) atoms. The molecule has 0 radical (unpaired) electrons. The molecule has 7 heteroatoms. The summed E-state index contributed by atoms with van der Waals surface area (Å²) in [5.74, 6) is -0.789. The summed E-state index contributed by atoms with van der Waals surface area (Å²) in [5.41, 5.74) is -0.495. The fourth-order valence-corrected chi connectivity index (χ4v) is 3.59. The molecule has 2 aromatic rings. The van der Waals surface area contributed by atoms with Crippen molar-refractivity contribution in [2.45, 2.75) is 32.4 Å². The van der Waals surface area contributed by atoms with Gasteiger partial charge in [-0.3, -0.25) is 14.2 Å². The predicted octanol–water partition coefficient (Wildman–Crippen LogP) is 2.21. The Labute approximate surface area is 142 Å². The van der Waals surface area contributed by atoms with Crippen LogP contribution in [0.1, 0.15) is 39.2 Å². The monoisotopic (exact) mass is 344 g/mol. The van der Waals surface area contributed by atoms with E-state index in [-0.39, 0.29) is 29.3 Å². The van der Waals surface area contributed by atoms with Gasteiger partial charge in [-0.15, -0.1) is 11.3 Å². The lowest BCUT2D eigenvalue weighted by Crippen LogP contribution is -2.30. The maximum Gasteiger partial charge on any atom is 0.271 e. The summed E-state index contributed by atoms with van der Waals surface area (Å²) in [6.07, 6.45) is 1.46. The number of thiophene rings is 1. The van der Waals surface area contributed by atoms with E-state index in [0.717, 1.165) is 17.4 Å². The molecule has 1 unspecified atom stereocenters. The Bertz CT molecular complexity index is 871. The van der Waals surface area contributed by atoms with Gasteiger partial charge in [0.25, 0.3) is 5.56 Å². The number of ether oxygens (including phenoxy) is 1. The molecule has 0 aromatic carbocycles. The Hall–Kier alpha value is -2.43. The fraction of sp³-hybridized carbons (Fsp3) is 0.353. The zero-order valence-corrected chi connectivity index (χ0v) is 13.9. The fourth-order valence-electron chi connectivity index (χ4n) is 2.92. The summed E-state index contributed by atoms with van der Waals surface area (Å²) in [6, 6.07) is 5.24. The first-order valence-corrected chi connectivity index (χ1v) is 8.48. The highest BCUT2D eigenvalue weighted by atomic mass is 32.1. The summed E-state index contributed by atoms with van der Waals surface area (Å²) >= 11 is 1.24. The van der Waals surface area contributed by atoms with Gasteiger partial charge in [0.15, 0.2) is 0 Å². The highest BCUT2D eigenvalue weighted by Gasteiger charge is 2.27. The summed E-state index contributed by atoms with van der Waals surface area (Å²) in [6.45, 7) is 2.25. The van der Waals surface area contributed by atoms with Crippen LogP contribution in [-0.2, 0) is 11.3 Å². The van der Waals surface area contributed by atoms with E-state index in [4.69, 9.17) is 4.74 Å². The van der Waals surface area contributed by atoms with E-state index in [1.807, 2.05) is 6.07 Å². The van der Waals surface area contributed by atoms with E-state index in [1.165, 1.54) is 18.3 Å². The van der Waals surface area contributed by atoms with Crippen molar-refractivity contribution in [3.63, 3.8) is 0 Å². The Morgan fingerprint density at radius 3 is 2.96 bits per heavy atom. The second-order valence-corrected chi connectivity index (χ2v) is 6.62. The number of aromatic nitrogens is 1. The topological polar surface area (TPSA) is 92.3 Å². The number of ketones is 1. The third-order valence-electron chi connectivity index (χ3n) is 4.18. The van der Waals surface area contributed by atoms with E-state index < -0.39 is 17.2 Å².